The van der Waals surface area contributed by atoms with E-state index in [9.17, 15) is 0 Å². The molecule has 0 aliphatic rings. The average molecular weight is 339 g/mol. The second kappa shape index (κ2) is 5.74. The largest absolute Gasteiger partial charge is 0.382 e. The molecule has 5 nitrogen and oxygen atoms in total. The molecule has 0 amide bonds. The Hall–Kier alpha value is -3.60. The Kier molecular flexibility index (Phi) is 3.25. The number of aromatic amines is 1. The number of nitrogens with one attached hydrogen (secondary N) is 1. The van der Waals surface area contributed by atoms with E-state index in [2.05, 4.69) is 69.9 Å². The molecular formula is C21H17N5. The van der Waals surface area contributed by atoms with Gasteiger partial charge in [-0.1, -0.05) is 48.5 Å². The summed E-state index contributed by atoms with van der Waals surface area (Å²) in [6.45, 7) is 0.751. The van der Waals surface area contributed by atoms with Crippen molar-refractivity contribution in [1.29, 1.82) is 0 Å². The minimum atomic E-state index is 0.522. The van der Waals surface area contributed by atoms with Gasteiger partial charge in [0.1, 0.15) is 0 Å². The summed E-state index contributed by atoms with van der Waals surface area (Å²) >= 11 is 0. The molecule has 5 aromatic rings. The van der Waals surface area contributed by atoms with Gasteiger partial charge in [-0.25, -0.2) is 0 Å². The minimum Gasteiger partial charge on any atom is -0.382 e. The molecule has 0 aliphatic carbocycles. The third-order valence-electron chi connectivity index (χ3n) is 4.77. The summed E-state index contributed by atoms with van der Waals surface area (Å²) in [6, 6.07) is 22.9. The Bertz CT molecular complexity index is 1220. The van der Waals surface area contributed by atoms with Gasteiger partial charge in [-0.3, -0.25) is 9.78 Å². The van der Waals surface area contributed by atoms with Gasteiger partial charge >= 0.3 is 0 Å². The lowest BCUT2D eigenvalue weighted by Gasteiger charge is -2.07. The van der Waals surface area contributed by atoms with Crippen molar-refractivity contribution in [1.82, 2.24) is 20.0 Å². The summed E-state index contributed by atoms with van der Waals surface area (Å²) in [5.74, 6) is 0.522. The fraction of sp³-hybridized carbons (Fsp3) is 0.0476. The lowest BCUT2D eigenvalue weighted by Crippen LogP contribution is -2.00. The van der Waals surface area contributed by atoms with E-state index < -0.39 is 0 Å². The fourth-order valence-corrected chi connectivity index (χ4v) is 3.44. The molecule has 126 valence electrons. The van der Waals surface area contributed by atoms with E-state index in [-0.39, 0.29) is 0 Å². The van der Waals surface area contributed by atoms with Crippen molar-refractivity contribution in [2.45, 2.75) is 6.54 Å². The fourth-order valence-electron chi connectivity index (χ4n) is 3.44. The van der Waals surface area contributed by atoms with Gasteiger partial charge in [0.25, 0.3) is 0 Å². The first-order valence-electron chi connectivity index (χ1n) is 8.52. The maximum Gasteiger partial charge on any atom is 0.153 e. The van der Waals surface area contributed by atoms with Crippen LogP contribution in [-0.4, -0.2) is 20.0 Å². The first-order chi connectivity index (χ1) is 12.8. The van der Waals surface area contributed by atoms with Gasteiger partial charge in [-0.15, -0.1) is 0 Å². The van der Waals surface area contributed by atoms with Crippen LogP contribution >= 0.6 is 0 Å². The van der Waals surface area contributed by atoms with Crippen LogP contribution in [0.25, 0.3) is 32.9 Å². The maximum atomic E-state index is 5.97. The van der Waals surface area contributed by atoms with E-state index in [1.165, 1.54) is 5.56 Å². The number of hydrogen-bond acceptors (Lipinski definition) is 3. The molecule has 3 N–H and O–H groups in total. The number of rotatable bonds is 3. The van der Waals surface area contributed by atoms with E-state index in [4.69, 9.17) is 5.73 Å². The lowest BCUT2D eigenvalue weighted by molar-refractivity contribution is 0.712. The Morgan fingerprint density at radius 1 is 0.923 bits per heavy atom. The molecule has 0 saturated carbocycles. The quantitative estimate of drug-likeness (QED) is 0.517. The van der Waals surface area contributed by atoms with Gasteiger partial charge in [0.05, 0.1) is 23.8 Å². The molecule has 5 heteroatoms. The van der Waals surface area contributed by atoms with Crippen LogP contribution in [0.1, 0.15) is 5.56 Å². The lowest BCUT2D eigenvalue weighted by atomic mass is 10.0. The third kappa shape index (κ3) is 2.33. The van der Waals surface area contributed by atoms with Crippen molar-refractivity contribution < 1.29 is 0 Å². The summed E-state index contributed by atoms with van der Waals surface area (Å²) in [7, 11) is 0. The van der Waals surface area contributed by atoms with Gasteiger partial charge in [0, 0.05) is 10.8 Å². The van der Waals surface area contributed by atoms with E-state index in [0.29, 0.717) is 5.82 Å². The number of anilines is 1. The monoisotopic (exact) mass is 339 g/mol. The molecule has 0 aliphatic heterocycles. The van der Waals surface area contributed by atoms with Crippen LogP contribution < -0.4 is 5.73 Å². The molecule has 0 bridgehead atoms. The highest BCUT2D eigenvalue weighted by molar-refractivity contribution is 5.99. The minimum absolute atomic E-state index is 0.522. The number of aromatic nitrogens is 4. The predicted molar refractivity (Wildman–Crippen MR) is 105 cm³/mol. The summed E-state index contributed by atoms with van der Waals surface area (Å²) in [6.07, 6.45) is 1.94. The Morgan fingerprint density at radius 2 is 1.81 bits per heavy atom. The highest BCUT2D eigenvalue weighted by atomic mass is 15.3. The van der Waals surface area contributed by atoms with Gasteiger partial charge < -0.3 is 5.73 Å². The average Bonchev–Trinajstić information content (AvgIpc) is 3.26. The van der Waals surface area contributed by atoms with Gasteiger partial charge in [-0.05, 0) is 34.9 Å². The number of nitrogens with zero attached hydrogens (tertiary/aromatic N) is 3. The van der Waals surface area contributed by atoms with Crippen LogP contribution in [0.3, 0.4) is 0 Å². The zero-order valence-electron chi connectivity index (χ0n) is 14.1. The molecule has 2 aromatic heterocycles. The summed E-state index contributed by atoms with van der Waals surface area (Å²) in [5, 5.41) is 13.7. The Morgan fingerprint density at radius 3 is 2.69 bits per heavy atom. The predicted octanol–water partition coefficient (Wildman–Crippen LogP) is 4.21. The summed E-state index contributed by atoms with van der Waals surface area (Å²) < 4.78 is 2.04. The second-order valence-electron chi connectivity index (χ2n) is 6.40. The van der Waals surface area contributed by atoms with Crippen molar-refractivity contribution in [3.05, 3.63) is 78.5 Å². The molecule has 0 spiro atoms. The summed E-state index contributed by atoms with van der Waals surface area (Å²) in [5.41, 5.74) is 11.5. The SMILES string of the molecule is Nc1n[nH]c2ccc(-c3cccc4c3cnn4Cc3ccccc3)cc12. The van der Waals surface area contributed by atoms with E-state index in [0.717, 1.165) is 39.5 Å². The van der Waals surface area contributed by atoms with Gasteiger partial charge in [0.15, 0.2) is 5.82 Å². The standard InChI is InChI=1S/C21H17N5/c22-21-17-11-15(9-10-19(17)24-25-21)16-7-4-8-20-18(16)12-23-26(20)13-14-5-2-1-3-6-14/h1-12H,13H2,(H3,22,24,25). The molecule has 0 saturated heterocycles. The first kappa shape index (κ1) is 14.7. The zero-order chi connectivity index (χ0) is 17.5. The van der Waals surface area contributed by atoms with Crippen LogP contribution in [0.2, 0.25) is 0 Å². The number of nitrogen functional groups attached to an aromatic ring is 1. The van der Waals surface area contributed by atoms with Crippen molar-refractivity contribution in [2.24, 2.45) is 0 Å². The number of H-pyrrole nitrogens is 1. The normalized spacial score (nSPS) is 11.4. The van der Waals surface area contributed by atoms with Crippen LogP contribution in [0.4, 0.5) is 5.82 Å². The number of hydrogen-bond donors (Lipinski definition) is 2. The maximum absolute atomic E-state index is 5.97. The molecule has 0 unspecified atom stereocenters. The van der Waals surface area contributed by atoms with Crippen molar-refractivity contribution >= 4 is 27.6 Å². The number of nitrogens with two attached hydrogens (primary N) is 1. The molecule has 5 rings (SSSR count). The van der Waals surface area contributed by atoms with E-state index in [1.54, 1.807) is 0 Å². The zero-order valence-corrected chi connectivity index (χ0v) is 14.1. The summed E-state index contributed by atoms with van der Waals surface area (Å²) in [4.78, 5) is 0. The van der Waals surface area contributed by atoms with Crippen molar-refractivity contribution in [2.75, 3.05) is 5.73 Å². The van der Waals surface area contributed by atoms with Gasteiger partial charge in [-0.2, -0.15) is 10.2 Å². The molecule has 0 atom stereocenters. The molecule has 3 aromatic carbocycles. The molecular weight excluding hydrogens is 322 g/mol. The third-order valence-corrected chi connectivity index (χ3v) is 4.77. The molecule has 0 radical (unpaired) electrons. The molecule has 26 heavy (non-hydrogen) atoms. The second-order valence-corrected chi connectivity index (χ2v) is 6.40. The van der Waals surface area contributed by atoms with Crippen LogP contribution in [0.15, 0.2) is 72.9 Å². The van der Waals surface area contributed by atoms with E-state index in [1.807, 2.05) is 23.0 Å². The highest BCUT2D eigenvalue weighted by Gasteiger charge is 2.11. The van der Waals surface area contributed by atoms with Gasteiger partial charge in [0.2, 0.25) is 0 Å². The van der Waals surface area contributed by atoms with E-state index >= 15 is 0 Å². The van der Waals surface area contributed by atoms with Crippen molar-refractivity contribution in [3.63, 3.8) is 0 Å². The topological polar surface area (TPSA) is 72.5 Å². The van der Waals surface area contributed by atoms with Crippen LogP contribution in [0, 0.1) is 0 Å². The Labute approximate surface area is 150 Å². The molecule has 0 fully saturated rings. The van der Waals surface area contributed by atoms with Crippen LogP contribution in [0.5, 0.6) is 0 Å². The Balaban J connectivity index is 1.63. The van der Waals surface area contributed by atoms with Crippen molar-refractivity contribution in [3.8, 4) is 11.1 Å². The smallest absolute Gasteiger partial charge is 0.153 e. The number of fused-ring (bicyclic) bond motifs is 2. The number of benzene rings is 3. The highest BCUT2D eigenvalue weighted by Crippen LogP contribution is 2.31. The molecule has 2 heterocycles. The first-order valence-corrected chi connectivity index (χ1v) is 8.52. The van der Waals surface area contributed by atoms with Crippen LogP contribution in [-0.2, 0) is 6.54 Å².